The molecule has 0 aliphatic rings. The average molecular weight is 515 g/mol. The third kappa shape index (κ3) is 13.0. The summed E-state index contributed by atoms with van der Waals surface area (Å²) in [6.45, 7) is 7.21. The van der Waals surface area contributed by atoms with E-state index < -0.39 is 10.0 Å². The summed E-state index contributed by atoms with van der Waals surface area (Å²) in [7, 11) is -3.17. The summed E-state index contributed by atoms with van der Waals surface area (Å²) in [5, 5.41) is 14.4. The van der Waals surface area contributed by atoms with Crippen LogP contribution in [-0.2, 0) is 23.0 Å². The summed E-state index contributed by atoms with van der Waals surface area (Å²) in [5.74, 6) is 1.65. The highest BCUT2D eigenvalue weighted by atomic mass is 127. The number of hydrogen-bond donors (Lipinski definition) is 3. The number of sulfonamides is 1. The number of unbranched alkanes of at least 4 members (excludes halogenated alkanes) is 3. The van der Waals surface area contributed by atoms with Gasteiger partial charge in [0.2, 0.25) is 10.0 Å². The van der Waals surface area contributed by atoms with E-state index >= 15 is 0 Å². The molecule has 0 fully saturated rings. The predicted octanol–water partition coefficient (Wildman–Crippen LogP) is 1.12. The van der Waals surface area contributed by atoms with Crippen LogP contribution in [0.4, 0.5) is 0 Å². The van der Waals surface area contributed by atoms with Crippen LogP contribution in [0.2, 0.25) is 0 Å². The second kappa shape index (κ2) is 15.0. The summed E-state index contributed by atoms with van der Waals surface area (Å²) in [6, 6.07) is 0. The van der Waals surface area contributed by atoms with Crippen molar-refractivity contribution in [1.82, 2.24) is 30.1 Å². The molecule has 11 heteroatoms. The molecule has 0 saturated heterocycles. The van der Waals surface area contributed by atoms with E-state index in [1.807, 2.05) is 11.5 Å². The number of rotatable bonds is 13. The molecule has 0 spiro atoms. The lowest BCUT2D eigenvalue weighted by Gasteiger charge is -2.13. The first-order valence-electron chi connectivity index (χ1n) is 9.29. The van der Waals surface area contributed by atoms with Crippen molar-refractivity contribution < 1.29 is 8.42 Å². The van der Waals surface area contributed by atoms with Gasteiger partial charge in [0.15, 0.2) is 5.96 Å². The van der Waals surface area contributed by atoms with E-state index in [-0.39, 0.29) is 24.0 Å². The maximum absolute atomic E-state index is 11.1. The van der Waals surface area contributed by atoms with Gasteiger partial charge in [0.05, 0.1) is 6.26 Å². The molecular weight excluding hydrogens is 481 g/mol. The van der Waals surface area contributed by atoms with Crippen LogP contribution in [-0.4, -0.2) is 61.6 Å². The molecule has 0 aliphatic carbocycles. The SMILES string of the molecule is CCCCCCN=C(NCCNS(C)(=O)=O)NCCn1cnnc1CC.I. The van der Waals surface area contributed by atoms with E-state index in [1.165, 1.54) is 19.3 Å². The van der Waals surface area contributed by atoms with Crippen LogP contribution in [0.3, 0.4) is 0 Å². The van der Waals surface area contributed by atoms with E-state index in [2.05, 4.69) is 37.5 Å². The van der Waals surface area contributed by atoms with Crippen LogP contribution in [0.25, 0.3) is 0 Å². The zero-order valence-electron chi connectivity index (χ0n) is 16.6. The number of aliphatic imine (C=N–C) groups is 1. The van der Waals surface area contributed by atoms with E-state index in [4.69, 9.17) is 0 Å². The van der Waals surface area contributed by atoms with Gasteiger partial charge in [-0.25, -0.2) is 13.1 Å². The first-order chi connectivity index (χ1) is 12.5. The minimum absolute atomic E-state index is 0. The van der Waals surface area contributed by atoms with Crippen LogP contribution < -0.4 is 15.4 Å². The molecule has 1 aromatic rings. The van der Waals surface area contributed by atoms with Crippen molar-refractivity contribution in [3.63, 3.8) is 0 Å². The normalized spacial score (nSPS) is 11.9. The van der Waals surface area contributed by atoms with Crippen molar-refractivity contribution in [1.29, 1.82) is 0 Å². The summed E-state index contributed by atoms with van der Waals surface area (Å²) in [6.07, 6.45) is 8.36. The minimum atomic E-state index is -3.17. The topological polar surface area (TPSA) is 113 Å². The standard InChI is InChI=1S/C16H33N7O2S.HI/c1-4-6-7-8-9-17-16(18-10-11-21-26(3,24)25)19-12-13-23-14-20-22-15(23)5-2;/h14,21H,4-13H2,1-3H3,(H2,17,18,19);1H. The highest BCUT2D eigenvalue weighted by molar-refractivity contribution is 14.0. The molecule has 158 valence electrons. The smallest absolute Gasteiger partial charge is 0.208 e. The molecule has 1 rings (SSSR count). The highest BCUT2D eigenvalue weighted by Gasteiger charge is 2.04. The molecule has 27 heavy (non-hydrogen) atoms. The van der Waals surface area contributed by atoms with Gasteiger partial charge < -0.3 is 15.2 Å². The molecule has 1 heterocycles. The molecule has 0 radical (unpaired) electrons. The molecule has 0 saturated carbocycles. The molecule has 3 N–H and O–H groups in total. The van der Waals surface area contributed by atoms with Gasteiger partial charge >= 0.3 is 0 Å². The number of halogens is 1. The molecule has 0 unspecified atom stereocenters. The predicted molar refractivity (Wildman–Crippen MR) is 120 cm³/mol. The Balaban J connectivity index is 0.00000676. The van der Waals surface area contributed by atoms with Crippen molar-refractivity contribution >= 4 is 40.0 Å². The van der Waals surface area contributed by atoms with Gasteiger partial charge in [-0.1, -0.05) is 33.1 Å². The van der Waals surface area contributed by atoms with Gasteiger partial charge in [0.25, 0.3) is 0 Å². The van der Waals surface area contributed by atoms with Gasteiger partial charge in [-0.2, -0.15) is 0 Å². The molecule has 0 atom stereocenters. The van der Waals surface area contributed by atoms with Crippen LogP contribution in [0.1, 0.15) is 45.4 Å². The number of nitrogens with zero attached hydrogens (tertiary/aromatic N) is 4. The van der Waals surface area contributed by atoms with Crippen LogP contribution in [0, 0.1) is 0 Å². The van der Waals surface area contributed by atoms with Gasteiger partial charge in [-0.15, -0.1) is 34.2 Å². The fourth-order valence-corrected chi connectivity index (χ4v) is 2.83. The van der Waals surface area contributed by atoms with E-state index in [0.29, 0.717) is 25.6 Å². The van der Waals surface area contributed by atoms with E-state index in [9.17, 15) is 8.42 Å². The molecule has 9 nitrogen and oxygen atoms in total. The van der Waals surface area contributed by atoms with Crippen molar-refractivity contribution in [2.45, 2.75) is 52.5 Å². The first-order valence-corrected chi connectivity index (χ1v) is 11.2. The Morgan fingerprint density at radius 2 is 1.89 bits per heavy atom. The van der Waals surface area contributed by atoms with Crippen LogP contribution in [0.5, 0.6) is 0 Å². The van der Waals surface area contributed by atoms with Gasteiger partial charge in [0.1, 0.15) is 12.2 Å². The quantitative estimate of drug-likeness (QED) is 0.157. The number of nitrogens with one attached hydrogen (secondary N) is 3. The van der Waals surface area contributed by atoms with Gasteiger partial charge in [0, 0.05) is 39.1 Å². The van der Waals surface area contributed by atoms with Crippen molar-refractivity contribution in [2.24, 2.45) is 4.99 Å². The molecule has 1 aromatic heterocycles. The number of aromatic nitrogens is 3. The zero-order valence-corrected chi connectivity index (χ0v) is 19.7. The molecule has 0 aliphatic heterocycles. The number of guanidine groups is 1. The Morgan fingerprint density at radius 3 is 2.56 bits per heavy atom. The van der Waals surface area contributed by atoms with Crippen molar-refractivity contribution in [3.05, 3.63) is 12.2 Å². The zero-order chi connectivity index (χ0) is 19.3. The second-order valence-electron chi connectivity index (χ2n) is 6.11. The van der Waals surface area contributed by atoms with Gasteiger partial charge in [-0.3, -0.25) is 4.99 Å². The number of hydrogen-bond acceptors (Lipinski definition) is 5. The maximum atomic E-state index is 11.1. The van der Waals surface area contributed by atoms with Crippen LogP contribution in [0.15, 0.2) is 11.3 Å². The van der Waals surface area contributed by atoms with Gasteiger partial charge in [-0.05, 0) is 6.42 Å². The summed E-state index contributed by atoms with van der Waals surface area (Å²) >= 11 is 0. The summed E-state index contributed by atoms with van der Waals surface area (Å²) in [5.41, 5.74) is 0. The van der Waals surface area contributed by atoms with E-state index in [1.54, 1.807) is 6.33 Å². The Morgan fingerprint density at radius 1 is 1.15 bits per heavy atom. The van der Waals surface area contributed by atoms with Crippen LogP contribution >= 0.6 is 24.0 Å². The third-order valence-electron chi connectivity index (χ3n) is 3.72. The monoisotopic (exact) mass is 515 g/mol. The lowest BCUT2D eigenvalue weighted by molar-refractivity contribution is 0.586. The minimum Gasteiger partial charge on any atom is -0.355 e. The Hall–Kier alpha value is -0.950. The molecule has 0 aromatic carbocycles. The maximum Gasteiger partial charge on any atom is 0.208 e. The highest BCUT2D eigenvalue weighted by Crippen LogP contribution is 1.98. The largest absolute Gasteiger partial charge is 0.355 e. The second-order valence-corrected chi connectivity index (χ2v) is 7.94. The van der Waals surface area contributed by atoms with Crippen molar-refractivity contribution in [2.75, 3.05) is 32.4 Å². The summed E-state index contributed by atoms with van der Waals surface area (Å²) < 4.78 is 26.7. The van der Waals surface area contributed by atoms with E-state index in [0.717, 1.165) is 38.0 Å². The fourth-order valence-electron chi connectivity index (χ4n) is 2.36. The third-order valence-corrected chi connectivity index (χ3v) is 4.45. The molecular formula is C16H34IN7O2S. The number of aryl methyl sites for hydroxylation is 1. The molecule has 0 bridgehead atoms. The van der Waals surface area contributed by atoms with Crippen molar-refractivity contribution in [3.8, 4) is 0 Å². The average Bonchev–Trinajstić information content (AvgIpc) is 3.04. The lowest BCUT2D eigenvalue weighted by atomic mass is 10.2. The fraction of sp³-hybridized carbons (Fsp3) is 0.812. The Bertz CT molecular complexity index is 634. The Labute approximate surface area is 180 Å². The lowest BCUT2D eigenvalue weighted by Crippen LogP contribution is -2.42. The first kappa shape index (κ1) is 26.1. The molecule has 0 amide bonds. The summed E-state index contributed by atoms with van der Waals surface area (Å²) in [4.78, 5) is 4.57. The Kier molecular flexibility index (Phi) is 14.5.